The van der Waals surface area contributed by atoms with Crippen molar-refractivity contribution in [2.45, 2.75) is 25.3 Å². The zero-order chi connectivity index (χ0) is 18.7. The maximum absolute atomic E-state index is 12.6. The maximum Gasteiger partial charge on any atom is 0.407 e. The summed E-state index contributed by atoms with van der Waals surface area (Å²) in [5.41, 5.74) is 6.85. The maximum atomic E-state index is 12.6. The Bertz CT molecular complexity index is 928. The topological polar surface area (TPSA) is 65.8 Å². The number of pyridine rings is 1. The second kappa shape index (κ2) is 7.17. The van der Waals surface area contributed by atoms with Crippen molar-refractivity contribution in [2.24, 2.45) is 5.73 Å². The van der Waals surface area contributed by atoms with Gasteiger partial charge in [-0.05, 0) is 17.2 Å². The Morgan fingerprint density at radius 1 is 1.04 bits per heavy atom. The molecular weight excluding hydrogens is 345 g/mol. The van der Waals surface area contributed by atoms with Crippen LogP contribution in [0.2, 0.25) is 0 Å². The fraction of sp³-hybridized carbons (Fsp3) is 0.222. The number of nitrogens with two attached hydrogens (primary N) is 1. The third-order valence-corrected chi connectivity index (χ3v) is 3.98. The molecule has 0 radical (unpaired) electrons. The summed E-state index contributed by atoms with van der Waals surface area (Å²) in [5.74, 6) is 0. The van der Waals surface area contributed by atoms with Gasteiger partial charge in [0.05, 0.1) is 19.3 Å². The number of aromatic nitrogens is 3. The minimum absolute atomic E-state index is 0.0717. The van der Waals surface area contributed by atoms with Gasteiger partial charge in [0, 0.05) is 24.0 Å². The molecule has 5 nitrogen and oxygen atoms in total. The smallest absolute Gasteiger partial charge is 0.316 e. The van der Waals surface area contributed by atoms with E-state index in [0.29, 0.717) is 13.1 Å². The number of benzene rings is 1. The molecule has 2 aromatic heterocycles. The summed E-state index contributed by atoms with van der Waals surface area (Å²) in [6, 6.07) is 10.4. The monoisotopic (exact) mass is 362 g/mol. The molecule has 0 aliphatic carbocycles. The number of alkyl halides is 3. The van der Waals surface area contributed by atoms with Crippen molar-refractivity contribution in [3.05, 3.63) is 88.1 Å². The van der Waals surface area contributed by atoms with Gasteiger partial charge in [0.15, 0.2) is 0 Å². The van der Waals surface area contributed by atoms with E-state index in [1.54, 1.807) is 22.9 Å². The highest BCUT2D eigenvalue weighted by Gasteiger charge is 2.38. The van der Waals surface area contributed by atoms with Gasteiger partial charge in [0.1, 0.15) is 6.04 Å². The lowest BCUT2D eigenvalue weighted by atomic mass is 10.1. The zero-order valence-electron chi connectivity index (χ0n) is 13.7. The van der Waals surface area contributed by atoms with E-state index >= 15 is 0 Å². The summed E-state index contributed by atoms with van der Waals surface area (Å²) < 4.78 is 40.9. The van der Waals surface area contributed by atoms with Crippen LogP contribution < -0.4 is 11.3 Å². The normalized spacial score (nSPS) is 12.9. The fourth-order valence-corrected chi connectivity index (χ4v) is 2.54. The highest BCUT2D eigenvalue weighted by Crippen LogP contribution is 2.30. The first-order chi connectivity index (χ1) is 12.3. The van der Waals surface area contributed by atoms with E-state index in [-0.39, 0.29) is 11.1 Å². The van der Waals surface area contributed by atoms with E-state index in [0.717, 1.165) is 17.3 Å². The van der Waals surface area contributed by atoms with Crippen molar-refractivity contribution in [1.29, 1.82) is 0 Å². The van der Waals surface area contributed by atoms with E-state index in [2.05, 4.69) is 5.10 Å². The van der Waals surface area contributed by atoms with Gasteiger partial charge in [0.2, 0.25) is 0 Å². The summed E-state index contributed by atoms with van der Waals surface area (Å²) >= 11 is 0. The van der Waals surface area contributed by atoms with Crippen LogP contribution in [0.1, 0.15) is 22.7 Å². The molecule has 3 aromatic rings. The molecule has 3 rings (SSSR count). The lowest BCUT2D eigenvalue weighted by Crippen LogP contribution is -2.28. The summed E-state index contributed by atoms with van der Waals surface area (Å²) in [4.78, 5) is 11.7. The molecule has 1 aromatic carbocycles. The minimum Gasteiger partial charge on any atom is -0.316 e. The first kappa shape index (κ1) is 17.9. The van der Waals surface area contributed by atoms with Crippen LogP contribution in [0.3, 0.4) is 0 Å². The molecule has 0 fully saturated rings. The van der Waals surface area contributed by atoms with Crippen LogP contribution in [-0.2, 0) is 13.1 Å². The van der Waals surface area contributed by atoms with Crippen molar-refractivity contribution in [2.75, 3.05) is 0 Å². The van der Waals surface area contributed by atoms with Crippen LogP contribution >= 0.6 is 0 Å². The third-order valence-electron chi connectivity index (χ3n) is 3.98. The highest BCUT2D eigenvalue weighted by molar-refractivity contribution is 5.23. The van der Waals surface area contributed by atoms with Crippen LogP contribution in [0.25, 0.3) is 0 Å². The number of halogens is 3. The van der Waals surface area contributed by atoms with Crippen LogP contribution in [-0.4, -0.2) is 20.5 Å². The van der Waals surface area contributed by atoms with E-state index < -0.39 is 12.2 Å². The summed E-state index contributed by atoms with van der Waals surface area (Å²) in [5, 5.41) is 3.94. The molecule has 136 valence electrons. The standard InChI is InChI=1S/C18H17F3N4O/c19-18(20,21)17(22)15-9-23-25(12-15)11-14-6-4-13(5-7-14)10-24-8-2-1-3-16(24)26/h1-9,12,17H,10-11,22H2. The molecule has 8 heteroatoms. The summed E-state index contributed by atoms with van der Waals surface area (Å²) in [6.07, 6.45) is -0.347. The molecule has 0 saturated heterocycles. The van der Waals surface area contributed by atoms with Gasteiger partial charge < -0.3 is 10.3 Å². The Kier molecular flexibility index (Phi) is 4.94. The molecule has 1 atom stereocenters. The van der Waals surface area contributed by atoms with Gasteiger partial charge in [-0.25, -0.2) is 0 Å². The molecule has 1 unspecified atom stereocenters. The number of hydrogen-bond acceptors (Lipinski definition) is 3. The molecule has 26 heavy (non-hydrogen) atoms. The Morgan fingerprint density at radius 2 is 1.69 bits per heavy atom. The van der Waals surface area contributed by atoms with E-state index in [9.17, 15) is 18.0 Å². The van der Waals surface area contributed by atoms with Gasteiger partial charge in [-0.1, -0.05) is 30.3 Å². The Balaban J connectivity index is 1.67. The van der Waals surface area contributed by atoms with E-state index in [1.807, 2.05) is 24.3 Å². The Labute approximate surface area is 147 Å². The molecule has 2 N–H and O–H groups in total. The molecule has 0 saturated carbocycles. The van der Waals surface area contributed by atoms with Crippen molar-refractivity contribution in [3.63, 3.8) is 0 Å². The number of rotatable bonds is 5. The highest BCUT2D eigenvalue weighted by atomic mass is 19.4. The van der Waals surface area contributed by atoms with Gasteiger partial charge in [0.25, 0.3) is 5.56 Å². The fourth-order valence-electron chi connectivity index (χ4n) is 2.54. The minimum atomic E-state index is -4.50. The molecular formula is C18H17F3N4O. The SMILES string of the molecule is NC(c1cnn(Cc2ccc(Cn3ccccc3=O)cc2)c1)C(F)(F)F. The number of nitrogens with zero attached hydrogens (tertiary/aromatic N) is 3. The van der Waals surface area contributed by atoms with Gasteiger partial charge in [-0.2, -0.15) is 18.3 Å². The predicted molar refractivity (Wildman–Crippen MR) is 90.6 cm³/mol. The largest absolute Gasteiger partial charge is 0.407 e. The van der Waals surface area contributed by atoms with Gasteiger partial charge in [-0.3, -0.25) is 9.48 Å². The van der Waals surface area contributed by atoms with Crippen LogP contribution in [0.4, 0.5) is 13.2 Å². The Hall–Kier alpha value is -2.87. The quantitative estimate of drug-likeness (QED) is 0.759. The first-order valence-electron chi connectivity index (χ1n) is 7.91. The molecule has 0 amide bonds. The van der Waals surface area contributed by atoms with Crippen molar-refractivity contribution in [1.82, 2.24) is 14.3 Å². The predicted octanol–water partition coefficient (Wildman–Crippen LogP) is 2.70. The summed E-state index contributed by atoms with van der Waals surface area (Å²) in [7, 11) is 0. The molecule has 2 heterocycles. The van der Waals surface area contributed by atoms with Crippen LogP contribution in [0.15, 0.2) is 65.8 Å². The molecule has 0 aliphatic heterocycles. The lowest BCUT2D eigenvalue weighted by molar-refractivity contribution is -0.149. The summed E-state index contributed by atoms with van der Waals surface area (Å²) in [6.45, 7) is 0.780. The average Bonchev–Trinajstić information content (AvgIpc) is 3.05. The number of hydrogen-bond donors (Lipinski definition) is 1. The van der Waals surface area contributed by atoms with E-state index in [4.69, 9.17) is 5.73 Å². The molecule has 0 aliphatic rings. The zero-order valence-corrected chi connectivity index (χ0v) is 13.7. The second-order valence-corrected chi connectivity index (χ2v) is 5.97. The Morgan fingerprint density at radius 3 is 2.31 bits per heavy atom. The second-order valence-electron chi connectivity index (χ2n) is 5.97. The van der Waals surface area contributed by atoms with Crippen molar-refractivity contribution >= 4 is 0 Å². The van der Waals surface area contributed by atoms with Crippen LogP contribution in [0, 0.1) is 0 Å². The molecule has 0 spiro atoms. The lowest BCUT2D eigenvalue weighted by Gasteiger charge is -2.13. The van der Waals surface area contributed by atoms with Crippen LogP contribution in [0.5, 0.6) is 0 Å². The van der Waals surface area contributed by atoms with Gasteiger partial charge >= 0.3 is 6.18 Å². The van der Waals surface area contributed by atoms with Crippen molar-refractivity contribution in [3.8, 4) is 0 Å². The van der Waals surface area contributed by atoms with Gasteiger partial charge in [-0.15, -0.1) is 0 Å². The third kappa shape index (κ3) is 4.20. The van der Waals surface area contributed by atoms with E-state index in [1.165, 1.54) is 16.9 Å². The average molecular weight is 362 g/mol. The first-order valence-corrected chi connectivity index (χ1v) is 7.91. The molecule has 0 bridgehead atoms. The van der Waals surface area contributed by atoms with Crippen molar-refractivity contribution < 1.29 is 13.2 Å².